The molecule has 0 radical (unpaired) electrons. The first-order valence-electron chi connectivity index (χ1n) is 6.30. The lowest BCUT2D eigenvalue weighted by Crippen LogP contribution is -2.44. The van der Waals surface area contributed by atoms with E-state index in [1.54, 1.807) is 7.11 Å². The minimum absolute atomic E-state index is 0.0124. The Morgan fingerprint density at radius 3 is 2.82 bits per heavy atom. The second kappa shape index (κ2) is 3.72. The Morgan fingerprint density at radius 2 is 2.18 bits per heavy atom. The van der Waals surface area contributed by atoms with Crippen LogP contribution in [0.25, 0.3) is 0 Å². The van der Waals surface area contributed by atoms with E-state index in [1.165, 1.54) is 11.1 Å². The van der Waals surface area contributed by atoms with Crippen LogP contribution in [0.3, 0.4) is 0 Å². The summed E-state index contributed by atoms with van der Waals surface area (Å²) >= 11 is 0. The predicted octanol–water partition coefficient (Wildman–Crippen LogP) is 1.72. The average Bonchev–Trinajstić information content (AvgIpc) is 3.07. The van der Waals surface area contributed by atoms with Gasteiger partial charge in [-0.15, -0.1) is 0 Å². The van der Waals surface area contributed by atoms with Crippen LogP contribution in [0.5, 0.6) is 5.75 Å². The summed E-state index contributed by atoms with van der Waals surface area (Å²) in [4.78, 5) is 2.40. The van der Waals surface area contributed by atoms with Crippen LogP contribution < -0.4 is 10.5 Å². The highest BCUT2D eigenvalue weighted by molar-refractivity contribution is 5.41. The van der Waals surface area contributed by atoms with Gasteiger partial charge in [-0.05, 0) is 49.6 Å². The van der Waals surface area contributed by atoms with Gasteiger partial charge in [0, 0.05) is 12.1 Å². The Hall–Kier alpha value is -1.06. The molecule has 3 rings (SSSR count). The topological polar surface area (TPSA) is 38.5 Å². The number of likely N-dealkylation sites (N-methyl/N-ethyl adjacent to an activating group) is 1. The van der Waals surface area contributed by atoms with Crippen LogP contribution in [0, 0.1) is 0 Å². The maximum Gasteiger partial charge on any atom is 0.119 e. The average molecular weight is 232 g/mol. The first kappa shape index (κ1) is 11.1. The lowest BCUT2D eigenvalue weighted by Gasteiger charge is -2.38. The minimum atomic E-state index is 0.0124. The predicted molar refractivity (Wildman–Crippen MR) is 68.2 cm³/mol. The molecule has 1 atom stereocenters. The third kappa shape index (κ3) is 1.74. The summed E-state index contributed by atoms with van der Waals surface area (Å²) in [5, 5.41) is 0. The molecule has 2 aliphatic rings. The highest BCUT2D eigenvalue weighted by Crippen LogP contribution is 2.48. The molecule has 3 heteroatoms. The van der Waals surface area contributed by atoms with Gasteiger partial charge in [0.05, 0.1) is 13.2 Å². The first-order valence-corrected chi connectivity index (χ1v) is 6.30. The van der Waals surface area contributed by atoms with Crippen LogP contribution in [0.4, 0.5) is 0 Å². The van der Waals surface area contributed by atoms with Gasteiger partial charge in [0.25, 0.3) is 0 Å². The number of methoxy groups -OCH3 is 1. The van der Waals surface area contributed by atoms with Crippen molar-refractivity contribution >= 4 is 0 Å². The Labute approximate surface area is 103 Å². The van der Waals surface area contributed by atoms with Crippen LogP contribution in [-0.2, 0) is 6.42 Å². The van der Waals surface area contributed by atoms with Gasteiger partial charge < -0.3 is 10.5 Å². The summed E-state index contributed by atoms with van der Waals surface area (Å²) in [5.74, 6) is 0.953. The van der Waals surface area contributed by atoms with E-state index in [1.807, 2.05) is 0 Å². The third-order valence-electron chi connectivity index (χ3n) is 4.19. The number of ether oxygens (including phenoxy) is 1. The van der Waals surface area contributed by atoms with Crippen molar-refractivity contribution in [3.05, 3.63) is 29.3 Å². The summed E-state index contributed by atoms with van der Waals surface area (Å²) in [7, 11) is 3.91. The molecule has 1 aliphatic carbocycles. The van der Waals surface area contributed by atoms with E-state index in [0.717, 1.165) is 31.6 Å². The third-order valence-corrected chi connectivity index (χ3v) is 4.19. The minimum Gasteiger partial charge on any atom is -0.497 e. The van der Waals surface area contributed by atoms with E-state index in [0.29, 0.717) is 6.04 Å². The van der Waals surface area contributed by atoms with Crippen molar-refractivity contribution in [2.75, 3.05) is 20.7 Å². The van der Waals surface area contributed by atoms with Gasteiger partial charge in [0.2, 0.25) is 0 Å². The first-order chi connectivity index (χ1) is 8.14. The zero-order valence-corrected chi connectivity index (χ0v) is 10.6. The van der Waals surface area contributed by atoms with Crippen molar-refractivity contribution in [2.24, 2.45) is 5.73 Å². The van der Waals surface area contributed by atoms with Crippen LogP contribution >= 0.6 is 0 Å². The van der Waals surface area contributed by atoms with Gasteiger partial charge in [-0.3, -0.25) is 4.90 Å². The molecule has 17 heavy (non-hydrogen) atoms. The van der Waals surface area contributed by atoms with Gasteiger partial charge in [0.1, 0.15) is 5.75 Å². The smallest absolute Gasteiger partial charge is 0.119 e. The molecule has 1 heterocycles. The van der Waals surface area contributed by atoms with Crippen molar-refractivity contribution in [3.63, 3.8) is 0 Å². The molecule has 0 saturated heterocycles. The second-order valence-corrected chi connectivity index (χ2v) is 5.43. The lowest BCUT2D eigenvalue weighted by molar-refractivity contribution is 0.189. The molecular weight excluding hydrogens is 212 g/mol. The summed E-state index contributed by atoms with van der Waals surface area (Å²) in [6.07, 6.45) is 3.39. The van der Waals surface area contributed by atoms with Crippen LogP contribution in [0.1, 0.15) is 30.0 Å². The highest BCUT2D eigenvalue weighted by atomic mass is 16.5. The maximum absolute atomic E-state index is 6.42. The number of fused-ring (bicyclic) bond motifs is 1. The van der Waals surface area contributed by atoms with E-state index in [2.05, 4.69) is 30.1 Å². The number of hydrogen-bond donors (Lipinski definition) is 1. The molecule has 0 spiro atoms. The van der Waals surface area contributed by atoms with Gasteiger partial charge in [-0.2, -0.15) is 0 Å². The molecule has 3 nitrogen and oxygen atoms in total. The Bertz CT molecular complexity index is 440. The Morgan fingerprint density at radius 1 is 1.41 bits per heavy atom. The fraction of sp³-hybridized carbons (Fsp3) is 0.571. The van der Waals surface area contributed by atoms with Crippen molar-refractivity contribution in [2.45, 2.75) is 30.8 Å². The molecule has 1 aromatic carbocycles. The van der Waals surface area contributed by atoms with E-state index in [9.17, 15) is 0 Å². The number of nitrogens with two attached hydrogens (primary N) is 1. The summed E-state index contributed by atoms with van der Waals surface area (Å²) < 4.78 is 5.30. The fourth-order valence-electron chi connectivity index (χ4n) is 3.02. The number of hydrogen-bond acceptors (Lipinski definition) is 3. The lowest BCUT2D eigenvalue weighted by atomic mass is 9.87. The van der Waals surface area contributed by atoms with Crippen molar-refractivity contribution in [3.8, 4) is 5.75 Å². The monoisotopic (exact) mass is 232 g/mol. The van der Waals surface area contributed by atoms with Crippen molar-refractivity contribution in [1.29, 1.82) is 0 Å². The van der Waals surface area contributed by atoms with E-state index < -0.39 is 0 Å². The molecule has 1 aliphatic heterocycles. The molecule has 0 aromatic heterocycles. The molecule has 1 aromatic rings. The number of benzene rings is 1. The number of rotatable bonds is 2. The van der Waals surface area contributed by atoms with Crippen molar-refractivity contribution < 1.29 is 4.74 Å². The second-order valence-electron chi connectivity index (χ2n) is 5.43. The van der Waals surface area contributed by atoms with Gasteiger partial charge >= 0.3 is 0 Å². The van der Waals surface area contributed by atoms with E-state index in [4.69, 9.17) is 10.5 Å². The molecule has 2 N–H and O–H groups in total. The zero-order chi connectivity index (χ0) is 12.0. The number of nitrogens with zero attached hydrogens (tertiary/aromatic N) is 1. The Balaban J connectivity index is 2.02. The molecule has 0 bridgehead atoms. The fourth-order valence-corrected chi connectivity index (χ4v) is 3.02. The standard InChI is InChI=1S/C14H20N2O/c1-16-8-5-10-9-11(17-2)3-4-12(10)13(16)14(15)6-7-14/h3-4,9,13H,5-8,15H2,1-2H3. The zero-order valence-electron chi connectivity index (χ0n) is 10.6. The summed E-state index contributed by atoms with van der Waals surface area (Å²) in [5.41, 5.74) is 9.25. The molecule has 1 saturated carbocycles. The van der Waals surface area contributed by atoms with E-state index >= 15 is 0 Å². The molecule has 1 unspecified atom stereocenters. The maximum atomic E-state index is 6.42. The van der Waals surface area contributed by atoms with Gasteiger partial charge in [0.15, 0.2) is 0 Å². The summed E-state index contributed by atoms with van der Waals surface area (Å²) in [6, 6.07) is 6.80. The quantitative estimate of drug-likeness (QED) is 0.843. The normalized spacial score (nSPS) is 26.4. The summed E-state index contributed by atoms with van der Waals surface area (Å²) in [6.45, 7) is 1.09. The van der Waals surface area contributed by atoms with E-state index in [-0.39, 0.29) is 5.54 Å². The molecule has 92 valence electrons. The van der Waals surface area contributed by atoms with Crippen LogP contribution in [0.15, 0.2) is 18.2 Å². The molecular formula is C14H20N2O. The van der Waals surface area contributed by atoms with Crippen molar-refractivity contribution in [1.82, 2.24) is 4.90 Å². The van der Waals surface area contributed by atoms with Crippen LogP contribution in [-0.4, -0.2) is 31.1 Å². The largest absolute Gasteiger partial charge is 0.497 e. The van der Waals surface area contributed by atoms with Gasteiger partial charge in [-0.25, -0.2) is 0 Å². The van der Waals surface area contributed by atoms with Crippen LogP contribution in [0.2, 0.25) is 0 Å². The Kier molecular flexibility index (Phi) is 2.42. The SMILES string of the molecule is COc1ccc2c(c1)CCN(C)C2C1(N)CC1. The molecule has 0 amide bonds. The highest BCUT2D eigenvalue weighted by Gasteiger charge is 2.49. The van der Waals surface area contributed by atoms with Gasteiger partial charge in [-0.1, -0.05) is 6.07 Å². The molecule has 1 fully saturated rings.